The smallest absolute Gasteiger partial charge is 0.319 e. The van der Waals surface area contributed by atoms with E-state index < -0.39 is 6.10 Å². The van der Waals surface area contributed by atoms with Crippen molar-refractivity contribution in [1.29, 1.82) is 0 Å². The summed E-state index contributed by atoms with van der Waals surface area (Å²) in [6, 6.07) is 23.6. The number of aliphatic hydroxyl groups excluding tert-OH is 1. The van der Waals surface area contributed by atoms with Crippen molar-refractivity contribution in [1.82, 2.24) is 15.3 Å². The summed E-state index contributed by atoms with van der Waals surface area (Å²) in [6.07, 6.45) is 1.60. The zero-order chi connectivity index (χ0) is 21.6. The third-order valence-corrected chi connectivity index (χ3v) is 5.03. The number of benzene rings is 2. The van der Waals surface area contributed by atoms with Gasteiger partial charge < -0.3 is 15.7 Å². The Morgan fingerprint density at radius 1 is 1.00 bits per heavy atom. The van der Waals surface area contributed by atoms with Gasteiger partial charge in [0.1, 0.15) is 0 Å². The van der Waals surface area contributed by atoms with Crippen LogP contribution in [0.5, 0.6) is 0 Å². The van der Waals surface area contributed by atoms with E-state index in [0.29, 0.717) is 17.8 Å². The molecule has 4 rings (SSSR count). The van der Waals surface area contributed by atoms with Crippen LogP contribution in [0, 0.1) is 0 Å². The Balaban J connectivity index is 1.70. The quantitative estimate of drug-likeness (QED) is 0.422. The number of carbonyl (C=O) groups excluding carboxylic acids is 1. The molecular weight excluding hydrogens is 388 g/mol. The molecule has 0 bridgehead atoms. The van der Waals surface area contributed by atoms with E-state index in [4.69, 9.17) is 4.98 Å². The van der Waals surface area contributed by atoms with Crippen molar-refractivity contribution >= 4 is 22.8 Å². The Bertz CT molecular complexity index is 1180. The second kappa shape index (κ2) is 9.36. The highest BCUT2D eigenvalue weighted by molar-refractivity contribution is 5.94. The van der Waals surface area contributed by atoms with Gasteiger partial charge in [-0.2, -0.15) is 0 Å². The monoisotopic (exact) mass is 412 g/mol. The number of hydrogen-bond donors (Lipinski definition) is 3. The fourth-order valence-electron chi connectivity index (χ4n) is 3.32. The predicted octanol–water partition coefficient (Wildman–Crippen LogP) is 4.86. The highest BCUT2D eigenvalue weighted by Crippen LogP contribution is 2.33. The van der Waals surface area contributed by atoms with Crippen molar-refractivity contribution in [3.8, 4) is 22.4 Å². The summed E-state index contributed by atoms with van der Waals surface area (Å²) < 4.78 is 0. The van der Waals surface area contributed by atoms with Crippen LogP contribution in [0.2, 0.25) is 0 Å². The largest absolute Gasteiger partial charge is 0.391 e. The standard InChI is InChI=1S/C25H24N4O2/c1-2-21(30)16-27-25(31)28-20-13-19-14-22(17-9-5-3-6-10-17)23(29-24(19)26-15-20)18-11-7-4-8-12-18/h3-15,21,30H,2,16H2,1H3,(H2,27,28,31). The molecule has 0 radical (unpaired) electrons. The molecule has 2 aromatic carbocycles. The molecule has 0 fully saturated rings. The Morgan fingerprint density at radius 3 is 2.35 bits per heavy atom. The number of aromatic nitrogens is 2. The van der Waals surface area contributed by atoms with Crippen LogP contribution in [0.4, 0.5) is 10.5 Å². The van der Waals surface area contributed by atoms with Crippen molar-refractivity contribution in [3.63, 3.8) is 0 Å². The molecule has 2 aromatic heterocycles. The molecule has 3 N–H and O–H groups in total. The van der Waals surface area contributed by atoms with Crippen LogP contribution in [-0.2, 0) is 0 Å². The minimum Gasteiger partial charge on any atom is -0.391 e. The van der Waals surface area contributed by atoms with Crippen molar-refractivity contribution in [2.45, 2.75) is 19.4 Å². The van der Waals surface area contributed by atoms with E-state index >= 15 is 0 Å². The molecule has 0 aliphatic heterocycles. The number of urea groups is 1. The molecule has 0 saturated heterocycles. The highest BCUT2D eigenvalue weighted by Gasteiger charge is 2.13. The number of fused-ring (bicyclic) bond motifs is 1. The minimum atomic E-state index is -0.561. The van der Waals surface area contributed by atoms with E-state index in [1.165, 1.54) is 0 Å². The van der Waals surface area contributed by atoms with Gasteiger partial charge in [-0.15, -0.1) is 0 Å². The third kappa shape index (κ3) is 4.87. The molecular formula is C25H24N4O2. The lowest BCUT2D eigenvalue weighted by molar-refractivity contribution is 0.168. The van der Waals surface area contributed by atoms with Crippen molar-refractivity contribution in [2.75, 3.05) is 11.9 Å². The van der Waals surface area contributed by atoms with Gasteiger partial charge in [0.25, 0.3) is 0 Å². The summed E-state index contributed by atoms with van der Waals surface area (Å²) >= 11 is 0. The first-order chi connectivity index (χ1) is 15.1. The average molecular weight is 412 g/mol. The Kier molecular flexibility index (Phi) is 6.19. The molecule has 1 atom stereocenters. The Hall–Kier alpha value is -3.77. The molecule has 6 heteroatoms. The van der Waals surface area contributed by atoms with Crippen LogP contribution in [0.3, 0.4) is 0 Å². The van der Waals surface area contributed by atoms with Crippen LogP contribution in [-0.4, -0.2) is 33.8 Å². The molecule has 2 heterocycles. The molecule has 0 aliphatic carbocycles. The van der Waals surface area contributed by atoms with E-state index in [-0.39, 0.29) is 12.6 Å². The first-order valence-corrected chi connectivity index (χ1v) is 10.3. The summed E-state index contributed by atoms with van der Waals surface area (Å²) in [5.41, 5.74) is 5.09. The Labute approximate surface area is 181 Å². The SMILES string of the molecule is CCC(O)CNC(=O)Nc1cnc2nc(-c3ccccc3)c(-c3ccccc3)cc2c1. The number of nitrogens with zero attached hydrogens (tertiary/aromatic N) is 2. The van der Waals surface area contributed by atoms with Gasteiger partial charge in [0.05, 0.1) is 23.7 Å². The zero-order valence-electron chi connectivity index (χ0n) is 17.2. The van der Waals surface area contributed by atoms with Crippen LogP contribution in [0.25, 0.3) is 33.4 Å². The van der Waals surface area contributed by atoms with Crippen LogP contribution in [0.1, 0.15) is 13.3 Å². The summed E-state index contributed by atoms with van der Waals surface area (Å²) in [6.45, 7) is 2.06. The number of aliphatic hydroxyl groups is 1. The van der Waals surface area contributed by atoms with Gasteiger partial charge >= 0.3 is 6.03 Å². The fourth-order valence-corrected chi connectivity index (χ4v) is 3.32. The van der Waals surface area contributed by atoms with Gasteiger partial charge in [-0.05, 0) is 24.1 Å². The van der Waals surface area contributed by atoms with Crippen LogP contribution >= 0.6 is 0 Å². The third-order valence-electron chi connectivity index (χ3n) is 5.03. The molecule has 4 aromatic rings. The second-order valence-electron chi connectivity index (χ2n) is 7.28. The van der Waals surface area contributed by atoms with E-state index in [0.717, 1.165) is 27.8 Å². The van der Waals surface area contributed by atoms with Crippen LogP contribution in [0.15, 0.2) is 79.0 Å². The second-order valence-corrected chi connectivity index (χ2v) is 7.28. The van der Waals surface area contributed by atoms with E-state index in [1.807, 2.05) is 61.5 Å². The molecule has 6 nitrogen and oxygen atoms in total. The van der Waals surface area contributed by atoms with Crippen molar-refractivity contribution < 1.29 is 9.90 Å². The first kappa shape index (κ1) is 20.5. The number of anilines is 1. The van der Waals surface area contributed by atoms with Gasteiger partial charge in [-0.1, -0.05) is 67.6 Å². The zero-order valence-corrected chi connectivity index (χ0v) is 17.2. The summed E-state index contributed by atoms with van der Waals surface area (Å²) in [5.74, 6) is 0. The number of rotatable bonds is 6. The normalized spacial score (nSPS) is 11.8. The maximum atomic E-state index is 12.1. The fraction of sp³-hybridized carbons (Fsp3) is 0.160. The summed E-state index contributed by atoms with van der Waals surface area (Å²) in [7, 11) is 0. The van der Waals surface area contributed by atoms with Crippen molar-refractivity contribution in [3.05, 3.63) is 79.0 Å². The lowest BCUT2D eigenvalue weighted by Crippen LogP contribution is -2.35. The number of carbonyl (C=O) groups is 1. The Morgan fingerprint density at radius 2 is 1.68 bits per heavy atom. The van der Waals surface area contributed by atoms with E-state index in [1.54, 1.807) is 6.20 Å². The van der Waals surface area contributed by atoms with Gasteiger partial charge in [0.15, 0.2) is 5.65 Å². The lowest BCUT2D eigenvalue weighted by Gasteiger charge is -2.13. The molecule has 1 unspecified atom stereocenters. The maximum absolute atomic E-state index is 12.1. The van der Waals surface area contributed by atoms with Crippen molar-refractivity contribution in [2.24, 2.45) is 0 Å². The number of hydrogen-bond acceptors (Lipinski definition) is 4. The summed E-state index contributed by atoms with van der Waals surface area (Å²) in [5, 5.41) is 15.9. The van der Waals surface area contributed by atoms with E-state index in [2.05, 4.69) is 33.8 Å². The van der Waals surface area contributed by atoms with Gasteiger partial charge in [-0.25, -0.2) is 14.8 Å². The first-order valence-electron chi connectivity index (χ1n) is 10.3. The number of pyridine rings is 2. The molecule has 0 spiro atoms. The summed E-state index contributed by atoms with van der Waals surface area (Å²) in [4.78, 5) is 21.4. The molecule has 2 amide bonds. The minimum absolute atomic E-state index is 0.198. The number of amides is 2. The maximum Gasteiger partial charge on any atom is 0.319 e. The van der Waals surface area contributed by atoms with Gasteiger partial charge in [0, 0.05) is 23.1 Å². The molecule has 31 heavy (non-hydrogen) atoms. The van der Waals surface area contributed by atoms with Gasteiger partial charge in [-0.3, -0.25) is 0 Å². The lowest BCUT2D eigenvalue weighted by atomic mass is 9.98. The molecule has 0 saturated carbocycles. The topological polar surface area (TPSA) is 87.1 Å². The van der Waals surface area contributed by atoms with E-state index in [9.17, 15) is 9.90 Å². The highest BCUT2D eigenvalue weighted by atomic mass is 16.3. The average Bonchev–Trinajstić information content (AvgIpc) is 2.82. The van der Waals surface area contributed by atoms with Gasteiger partial charge in [0.2, 0.25) is 0 Å². The molecule has 0 aliphatic rings. The predicted molar refractivity (Wildman–Crippen MR) is 124 cm³/mol. The van der Waals surface area contributed by atoms with Crippen LogP contribution < -0.4 is 10.6 Å². The molecule has 156 valence electrons. The number of nitrogens with one attached hydrogen (secondary N) is 2.